The van der Waals surface area contributed by atoms with E-state index >= 15 is 0 Å². The summed E-state index contributed by atoms with van der Waals surface area (Å²) < 4.78 is 23.7. The predicted molar refractivity (Wildman–Crippen MR) is 109 cm³/mol. The number of nitrogens with zero attached hydrogens (tertiary/aromatic N) is 1. The standard InChI is InChI=1S/C20H22N2O2S2/c23-26(24)14-12-19(16-26)22(15-18-9-5-2-6-10-18)20(25)21-13-11-17-7-3-1-4-8-17/h1-10,12,14,19H,11,13,15-16H2,(H,21,25)/t19-/m1/s1. The third kappa shape index (κ3) is 5.16. The van der Waals surface area contributed by atoms with E-state index in [9.17, 15) is 8.42 Å². The zero-order valence-corrected chi connectivity index (χ0v) is 16.0. The number of thiocarbonyl (C=S) groups is 1. The van der Waals surface area contributed by atoms with E-state index in [-0.39, 0.29) is 11.8 Å². The van der Waals surface area contributed by atoms with Crippen molar-refractivity contribution in [2.75, 3.05) is 12.3 Å². The van der Waals surface area contributed by atoms with E-state index in [2.05, 4.69) is 17.4 Å². The Morgan fingerprint density at radius 3 is 2.23 bits per heavy atom. The van der Waals surface area contributed by atoms with Crippen molar-refractivity contribution in [3.05, 3.63) is 83.3 Å². The first-order valence-corrected chi connectivity index (χ1v) is 10.7. The van der Waals surface area contributed by atoms with E-state index < -0.39 is 9.84 Å². The highest BCUT2D eigenvalue weighted by atomic mass is 32.2. The lowest BCUT2D eigenvalue weighted by molar-refractivity contribution is 0.368. The summed E-state index contributed by atoms with van der Waals surface area (Å²) in [6.07, 6.45) is 2.59. The minimum Gasteiger partial charge on any atom is -0.362 e. The molecule has 0 radical (unpaired) electrons. The van der Waals surface area contributed by atoms with Crippen molar-refractivity contribution in [3.63, 3.8) is 0 Å². The minimum atomic E-state index is -3.14. The van der Waals surface area contributed by atoms with Gasteiger partial charge >= 0.3 is 0 Å². The van der Waals surface area contributed by atoms with Crippen LogP contribution >= 0.6 is 12.2 Å². The second kappa shape index (κ2) is 8.47. The summed E-state index contributed by atoms with van der Waals surface area (Å²) in [6, 6.07) is 19.9. The summed E-state index contributed by atoms with van der Waals surface area (Å²) in [5, 5.41) is 5.16. The fourth-order valence-corrected chi connectivity index (χ4v) is 4.53. The van der Waals surface area contributed by atoms with Gasteiger partial charge in [0.15, 0.2) is 14.9 Å². The lowest BCUT2D eigenvalue weighted by atomic mass is 10.1. The first-order valence-electron chi connectivity index (χ1n) is 8.57. The molecule has 0 unspecified atom stereocenters. The Balaban J connectivity index is 1.66. The van der Waals surface area contributed by atoms with Crippen molar-refractivity contribution in [2.24, 2.45) is 0 Å². The fraction of sp³-hybridized carbons (Fsp3) is 0.250. The largest absolute Gasteiger partial charge is 0.362 e. The van der Waals surface area contributed by atoms with Gasteiger partial charge in [-0.2, -0.15) is 0 Å². The van der Waals surface area contributed by atoms with Gasteiger partial charge in [-0.05, 0) is 35.8 Å². The molecule has 0 spiro atoms. The molecule has 0 fully saturated rings. The van der Waals surface area contributed by atoms with E-state index in [1.54, 1.807) is 6.08 Å². The van der Waals surface area contributed by atoms with Gasteiger partial charge in [0.2, 0.25) is 0 Å². The molecular weight excluding hydrogens is 364 g/mol. The maximum atomic E-state index is 11.8. The van der Waals surface area contributed by atoms with Crippen molar-refractivity contribution in [2.45, 2.75) is 19.0 Å². The third-order valence-corrected chi connectivity index (χ3v) is 6.06. The number of nitrogens with one attached hydrogen (secondary N) is 1. The van der Waals surface area contributed by atoms with Gasteiger partial charge in [0.05, 0.1) is 11.8 Å². The van der Waals surface area contributed by atoms with Crippen LogP contribution in [0.15, 0.2) is 72.1 Å². The van der Waals surface area contributed by atoms with Crippen LogP contribution in [0.5, 0.6) is 0 Å². The quantitative estimate of drug-likeness (QED) is 0.774. The van der Waals surface area contributed by atoms with Crippen LogP contribution in [0, 0.1) is 0 Å². The molecular formula is C20H22N2O2S2. The second-order valence-corrected chi connectivity index (χ2v) is 8.62. The summed E-state index contributed by atoms with van der Waals surface area (Å²) in [5.74, 6) is 0.0698. The van der Waals surface area contributed by atoms with Crippen LogP contribution in [0.4, 0.5) is 0 Å². The topological polar surface area (TPSA) is 49.4 Å². The number of sulfone groups is 1. The maximum absolute atomic E-state index is 11.8. The average molecular weight is 387 g/mol. The molecule has 1 heterocycles. The lowest BCUT2D eigenvalue weighted by Crippen LogP contribution is -2.46. The smallest absolute Gasteiger partial charge is 0.173 e. The van der Waals surface area contributed by atoms with Gasteiger partial charge in [-0.3, -0.25) is 0 Å². The molecule has 6 heteroatoms. The summed E-state index contributed by atoms with van der Waals surface area (Å²) >= 11 is 5.59. The Labute approximate surface area is 160 Å². The molecule has 0 saturated carbocycles. The maximum Gasteiger partial charge on any atom is 0.173 e. The van der Waals surface area contributed by atoms with Gasteiger partial charge in [-0.15, -0.1) is 0 Å². The summed E-state index contributed by atoms with van der Waals surface area (Å²) in [7, 11) is -3.14. The molecule has 3 rings (SSSR count). The van der Waals surface area contributed by atoms with E-state index in [0.29, 0.717) is 18.2 Å². The second-order valence-electron chi connectivity index (χ2n) is 6.31. The Morgan fingerprint density at radius 1 is 1.04 bits per heavy atom. The Hall–Kier alpha value is -2.18. The molecule has 4 nitrogen and oxygen atoms in total. The highest BCUT2D eigenvalue weighted by molar-refractivity contribution is 7.94. The summed E-state index contributed by atoms with van der Waals surface area (Å²) in [5.41, 5.74) is 2.33. The zero-order valence-electron chi connectivity index (χ0n) is 14.4. The normalized spacial score (nSPS) is 17.8. The van der Waals surface area contributed by atoms with E-state index in [1.807, 2.05) is 53.4 Å². The van der Waals surface area contributed by atoms with Crippen LogP contribution in [0.1, 0.15) is 11.1 Å². The van der Waals surface area contributed by atoms with Gasteiger partial charge in [0, 0.05) is 18.5 Å². The van der Waals surface area contributed by atoms with Crippen LogP contribution in [0.3, 0.4) is 0 Å². The van der Waals surface area contributed by atoms with Gasteiger partial charge < -0.3 is 10.2 Å². The number of hydrogen-bond donors (Lipinski definition) is 1. The first-order chi connectivity index (χ1) is 12.5. The Bertz CT molecular complexity index is 865. The first kappa shape index (κ1) is 18.6. The van der Waals surface area contributed by atoms with Gasteiger partial charge in [0.1, 0.15) is 0 Å². The van der Waals surface area contributed by atoms with Crippen molar-refractivity contribution in [1.29, 1.82) is 0 Å². The minimum absolute atomic E-state index is 0.0698. The summed E-state index contributed by atoms with van der Waals surface area (Å²) in [6.45, 7) is 1.28. The molecule has 2 aromatic carbocycles. The molecule has 0 amide bonds. The molecule has 26 heavy (non-hydrogen) atoms. The van der Waals surface area contributed by atoms with E-state index in [0.717, 1.165) is 12.0 Å². The molecule has 0 aromatic heterocycles. The molecule has 1 aliphatic rings. The molecule has 2 aromatic rings. The van der Waals surface area contributed by atoms with Crippen molar-refractivity contribution < 1.29 is 8.42 Å². The monoisotopic (exact) mass is 386 g/mol. The number of hydrogen-bond acceptors (Lipinski definition) is 3. The van der Waals surface area contributed by atoms with Crippen molar-refractivity contribution >= 4 is 27.2 Å². The van der Waals surface area contributed by atoms with Crippen molar-refractivity contribution in [1.82, 2.24) is 10.2 Å². The van der Waals surface area contributed by atoms with E-state index in [4.69, 9.17) is 12.2 Å². The molecule has 0 aliphatic carbocycles. The van der Waals surface area contributed by atoms with Gasteiger partial charge in [-0.25, -0.2) is 8.42 Å². The summed E-state index contributed by atoms with van der Waals surface area (Å²) in [4.78, 5) is 1.96. The van der Waals surface area contributed by atoms with Gasteiger partial charge in [0.25, 0.3) is 0 Å². The molecule has 0 bridgehead atoms. The fourth-order valence-electron chi connectivity index (χ4n) is 2.93. The van der Waals surface area contributed by atoms with Crippen LogP contribution in [-0.4, -0.2) is 36.8 Å². The van der Waals surface area contributed by atoms with Crippen LogP contribution < -0.4 is 5.32 Å². The lowest BCUT2D eigenvalue weighted by Gasteiger charge is -2.30. The highest BCUT2D eigenvalue weighted by Crippen LogP contribution is 2.18. The van der Waals surface area contributed by atoms with Crippen molar-refractivity contribution in [3.8, 4) is 0 Å². The molecule has 1 aliphatic heterocycles. The van der Waals surface area contributed by atoms with Crippen LogP contribution in [0.2, 0.25) is 0 Å². The predicted octanol–water partition coefficient (Wildman–Crippen LogP) is 2.92. The van der Waals surface area contributed by atoms with Crippen LogP contribution in [-0.2, 0) is 22.8 Å². The third-order valence-electron chi connectivity index (χ3n) is 4.30. The Morgan fingerprint density at radius 2 is 1.65 bits per heavy atom. The Kier molecular flexibility index (Phi) is 6.06. The molecule has 0 saturated heterocycles. The highest BCUT2D eigenvalue weighted by Gasteiger charge is 2.28. The number of rotatable bonds is 6. The van der Waals surface area contributed by atoms with Gasteiger partial charge in [-0.1, -0.05) is 60.7 Å². The van der Waals surface area contributed by atoms with E-state index in [1.165, 1.54) is 11.0 Å². The zero-order chi connectivity index (χ0) is 18.4. The molecule has 136 valence electrons. The average Bonchev–Trinajstić information content (AvgIpc) is 3.01. The van der Waals surface area contributed by atoms with Crippen LogP contribution in [0.25, 0.3) is 0 Å². The number of benzene rings is 2. The SMILES string of the molecule is O=S1(=O)C=C[C@@H](N(Cc2ccccc2)C(=S)NCCc2ccccc2)C1. The molecule has 1 atom stereocenters. The molecule has 1 N–H and O–H groups in total.